The highest BCUT2D eigenvalue weighted by Gasteiger charge is 2.09. The first-order valence-electron chi connectivity index (χ1n) is 5.95. The first-order chi connectivity index (χ1) is 9.67. The van der Waals surface area contributed by atoms with E-state index in [-0.39, 0.29) is 5.56 Å². The Kier molecular flexibility index (Phi) is 3.54. The van der Waals surface area contributed by atoms with Gasteiger partial charge in [-0.05, 0) is 33.4 Å². The van der Waals surface area contributed by atoms with Gasteiger partial charge in [0.25, 0.3) is 5.56 Å². The zero-order valence-electron chi connectivity index (χ0n) is 10.6. The van der Waals surface area contributed by atoms with Crippen LogP contribution >= 0.6 is 27.3 Å². The van der Waals surface area contributed by atoms with Gasteiger partial charge in [0.2, 0.25) is 0 Å². The number of pyridine rings is 1. The lowest BCUT2D eigenvalue weighted by Gasteiger charge is -2.07. The van der Waals surface area contributed by atoms with E-state index in [2.05, 4.69) is 31.2 Å². The second kappa shape index (κ2) is 5.34. The summed E-state index contributed by atoms with van der Waals surface area (Å²) in [5.41, 5.74) is -0.0749. The number of anilines is 1. The molecule has 3 aromatic rings. The smallest absolute Gasteiger partial charge is 0.250 e. The van der Waals surface area contributed by atoms with Gasteiger partial charge >= 0.3 is 0 Å². The molecule has 0 amide bonds. The van der Waals surface area contributed by atoms with Crippen LogP contribution in [0.5, 0.6) is 0 Å². The van der Waals surface area contributed by atoms with Crippen LogP contribution in [0.3, 0.4) is 0 Å². The average Bonchev–Trinajstić information content (AvgIpc) is 2.90. The second-order valence-electron chi connectivity index (χ2n) is 4.19. The number of halogens is 1. The molecule has 3 heterocycles. The molecule has 1 N–H and O–H groups in total. The van der Waals surface area contributed by atoms with Gasteiger partial charge in [-0.2, -0.15) is 0 Å². The molecule has 0 aliphatic heterocycles. The highest BCUT2D eigenvalue weighted by molar-refractivity contribution is 9.10. The summed E-state index contributed by atoms with van der Waals surface area (Å²) in [7, 11) is 1.83. The van der Waals surface area contributed by atoms with E-state index < -0.39 is 0 Å². The predicted molar refractivity (Wildman–Crippen MR) is 84.5 cm³/mol. The summed E-state index contributed by atoms with van der Waals surface area (Å²) >= 11 is 4.92. The lowest BCUT2D eigenvalue weighted by atomic mass is 10.3. The maximum atomic E-state index is 11.8. The Labute approximate surface area is 127 Å². The molecule has 0 aliphatic carbocycles. The zero-order valence-corrected chi connectivity index (χ0v) is 13.0. The fourth-order valence-corrected chi connectivity index (χ4v) is 3.10. The Morgan fingerprint density at radius 2 is 2.20 bits per heavy atom. The molecular formula is C13H11BrN4OS. The zero-order chi connectivity index (χ0) is 14.1. The van der Waals surface area contributed by atoms with Crippen molar-refractivity contribution in [3.05, 3.63) is 50.4 Å². The van der Waals surface area contributed by atoms with E-state index >= 15 is 0 Å². The van der Waals surface area contributed by atoms with Crippen LogP contribution in [0, 0.1) is 0 Å². The lowest BCUT2D eigenvalue weighted by Crippen LogP contribution is -2.20. The number of fused-ring (bicyclic) bond motifs is 1. The summed E-state index contributed by atoms with van der Waals surface area (Å²) in [6.07, 6.45) is 1.74. The average molecular weight is 351 g/mol. The van der Waals surface area contributed by atoms with Crippen molar-refractivity contribution >= 4 is 43.3 Å². The largest absolute Gasteiger partial charge is 0.372 e. The normalized spacial score (nSPS) is 10.9. The third kappa shape index (κ3) is 2.46. The number of nitrogens with one attached hydrogen (secondary N) is 1. The third-order valence-electron chi connectivity index (χ3n) is 2.87. The standard InChI is InChI=1S/C13H11BrN4OS/c1-15-12-9-4-5-20-13(9)17-10(16-12)7-18-6-8(14)2-3-11(18)19/h2-6H,7H2,1H3,(H,15,16,17). The molecular weight excluding hydrogens is 340 g/mol. The number of hydrogen-bond donors (Lipinski definition) is 1. The molecule has 0 unspecified atom stereocenters. The minimum atomic E-state index is -0.0749. The summed E-state index contributed by atoms with van der Waals surface area (Å²) in [6.45, 7) is 0.348. The van der Waals surface area contributed by atoms with Crippen molar-refractivity contribution in [1.82, 2.24) is 14.5 Å². The molecule has 0 aliphatic rings. The molecule has 3 rings (SSSR count). The van der Waals surface area contributed by atoms with Crippen molar-refractivity contribution in [3.63, 3.8) is 0 Å². The molecule has 0 spiro atoms. The fraction of sp³-hybridized carbons (Fsp3) is 0.154. The molecule has 20 heavy (non-hydrogen) atoms. The SMILES string of the molecule is CNc1nc(Cn2cc(Br)ccc2=O)nc2sccc12. The van der Waals surface area contributed by atoms with Crippen LogP contribution in [0.25, 0.3) is 10.2 Å². The summed E-state index contributed by atoms with van der Waals surface area (Å²) in [6, 6.07) is 5.23. The van der Waals surface area contributed by atoms with Gasteiger partial charge in [0, 0.05) is 23.8 Å². The Morgan fingerprint density at radius 3 is 3.00 bits per heavy atom. The van der Waals surface area contributed by atoms with Gasteiger partial charge in [0.05, 0.1) is 11.9 Å². The summed E-state index contributed by atoms with van der Waals surface area (Å²) in [5, 5.41) is 6.05. The van der Waals surface area contributed by atoms with Crippen LogP contribution in [-0.4, -0.2) is 21.6 Å². The van der Waals surface area contributed by atoms with E-state index in [1.807, 2.05) is 18.5 Å². The minimum absolute atomic E-state index is 0.0749. The second-order valence-corrected chi connectivity index (χ2v) is 6.00. The van der Waals surface area contributed by atoms with E-state index in [0.29, 0.717) is 12.4 Å². The molecule has 0 radical (unpaired) electrons. The summed E-state index contributed by atoms with van der Waals surface area (Å²) < 4.78 is 2.43. The van der Waals surface area contributed by atoms with Crippen molar-refractivity contribution in [3.8, 4) is 0 Å². The Hall–Kier alpha value is -1.73. The van der Waals surface area contributed by atoms with E-state index in [0.717, 1.165) is 20.5 Å². The molecule has 0 bridgehead atoms. The van der Waals surface area contributed by atoms with Crippen LogP contribution in [-0.2, 0) is 6.54 Å². The molecule has 0 saturated carbocycles. The fourth-order valence-electron chi connectivity index (χ4n) is 1.94. The van der Waals surface area contributed by atoms with Gasteiger partial charge in [-0.1, -0.05) is 0 Å². The Bertz CT molecular complexity index is 827. The van der Waals surface area contributed by atoms with Crippen molar-refractivity contribution in [2.75, 3.05) is 12.4 Å². The number of thiophene rings is 1. The Morgan fingerprint density at radius 1 is 1.35 bits per heavy atom. The van der Waals surface area contributed by atoms with E-state index in [9.17, 15) is 4.79 Å². The molecule has 102 valence electrons. The molecule has 7 heteroatoms. The van der Waals surface area contributed by atoms with Crippen LogP contribution in [0.1, 0.15) is 5.82 Å². The van der Waals surface area contributed by atoms with Gasteiger partial charge in [0.15, 0.2) is 5.82 Å². The first kappa shape index (κ1) is 13.3. The lowest BCUT2D eigenvalue weighted by molar-refractivity contribution is 0.717. The molecule has 5 nitrogen and oxygen atoms in total. The van der Waals surface area contributed by atoms with Gasteiger partial charge in [-0.3, -0.25) is 4.79 Å². The predicted octanol–water partition coefficient (Wildman–Crippen LogP) is 2.71. The Balaban J connectivity index is 2.06. The van der Waals surface area contributed by atoms with Crippen molar-refractivity contribution < 1.29 is 0 Å². The van der Waals surface area contributed by atoms with Gasteiger partial charge in [-0.15, -0.1) is 11.3 Å². The highest BCUT2D eigenvalue weighted by atomic mass is 79.9. The van der Waals surface area contributed by atoms with Crippen molar-refractivity contribution in [2.24, 2.45) is 0 Å². The topological polar surface area (TPSA) is 59.8 Å². The van der Waals surface area contributed by atoms with Gasteiger partial charge in [-0.25, -0.2) is 9.97 Å². The van der Waals surface area contributed by atoms with Crippen LogP contribution < -0.4 is 10.9 Å². The monoisotopic (exact) mass is 350 g/mol. The third-order valence-corrected chi connectivity index (χ3v) is 4.14. The number of rotatable bonds is 3. The number of hydrogen-bond acceptors (Lipinski definition) is 5. The van der Waals surface area contributed by atoms with Gasteiger partial charge < -0.3 is 9.88 Å². The summed E-state index contributed by atoms with van der Waals surface area (Å²) in [5.74, 6) is 1.40. The van der Waals surface area contributed by atoms with E-state index in [4.69, 9.17) is 0 Å². The molecule has 0 aromatic carbocycles. The molecule has 0 saturated heterocycles. The maximum absolute atomic E-state index is 11.8. The van der Waals surface area contributed by atoms with Crippen LogP contribution in [0.15, 0.2) is 39.0 Å². The van der Waals surface area contributed by atoms with Crippen LogP contribution in [0.2, 0.25) is 0 Å². The minimum Gasteiger partial charge on any atom is -0.372 e. The number of nitrogens with zero attached hydrogens (tertiary/aromatic N) is 3. The van der Waals surface area contributed by atoms with E-state index in [1.165, 1.54) is 6.07 Å². The van der Waals surface area contributed by atoms with Crippen molar-refractivity contribution in [1.29, 1.82) is 0 Å². The van der Waals surface area contributed by atoms with E-state index in [1.54, 1.807) is 28.2 Å². The first-order valence-corrected chi connectivity index (χ1v) is 7.62. The van der Waals surface area contributed by atoms with Crippen molar-refractivity contribution in [2.45, 2.75) is 6.54 Å². The molecule has 0 fully saturated rings. The maximum Gasteiger partial charge on any atom is 0.250 e. The number of aromatic nitrogens is 3. The quantitative estimate of drug-likeness (QED) is 0.788. The molecule has 0 atom stereocenters. The molecule has 3 aromatic heterocycles. The highest BCUT2D eigenvalue weighted by Crippen LogP contribution is 2.24. The van der Waals surface area contributed by atoms with Gasteiger partial charge in [0.1, 0.15) is 10.6 Å². The van der Waals surface area contributed by atoms with Crippen LogP contribution in [0.4, 0.5) is 5.82 Å². The summed E-state index contributed by atoms with van der Waals surface area (Å²) in [4.78, 5) is 21.7.